The minimum Gasteiger partial charge on any atom is -0.478 e. The van der Waals surface area contributed by atoms with Gasteiger partial charge in [-0.2, -0.15) is 0 Å². The highest BCUT2D eigenvalue weighted by atomic mass is 35.5. The van der Waals surface area contributed by atoms with Crippen molar-refractivity contribution in [1.29, 1.82) is 0 Å². The van der Waals surface area contributed by atoms with Gasteiger partial charge in [-0.25, -0.2) is 9.78 Å². The molecule has 0 spiro atoms. The molecule has 2 N–H and O–H groups in total. The van der Waals surface area contributed by atoms with Crippen LogP contribution < -0.4 is 5.32 Å². The van der Waals surface area contributed by atoms with Gasteiger partial charge in [0.15, 0.2) is 0 Å². The second kappa shape index (κ2) is 4.53. The number of rotatable bonds is 3. The first-order valence-corrected chi connectivity index (χ1v) is 6.05. The van der Waals surface area contributed by atoms with E-state index in [1.165, 1.54) is 25.0 Å². The SMILES string of the molecule is CC1(Nc2cc(C(=O)O)cc(Cl)n2)CCCC1. The minimum absolute atomic E-state index is 0.00740. The van der Waals surface area contributed by atoms with Gasteiger partial charge in [0.1, 0.15) is 11.0 Å². The molecule has 1 fully saturated rings. The van der Waals surface area contributed by atoms with E-state index in [0.717, 1.165) is 12.8 Å². The van der Waals surface area contributed by atoms with Crippen LogP contribution in [0.3, 0.4) is 0 Å². The normalized spacial score (nSPS) is 18.0. The summed E-state index contributed by atoms with van der Waals surface area (Å²) in [7, 11) is 0. The molecule has 5 heteroatoms. The van der Waals surface area contributed by atoms with Crippen LogP contribution in [0.4, 0.5) is 5.82 Å². The summed E-state index contributed by atoms with van der Waals surface area (Å²) in [6.07, 6.45) is 4.53. The van der Waals surface area contributed by atoms with Crippen LogP contribution in [0, 0.1) is 0 Å². The number of carbonyl (C=O) groups is 1. The van der Waals surface area contributed by atoms with Crippen LogP contribution in [-0.2, 0) is 0 Å². The average Bonchev–Trinajstić information content (AvgIpc) is 2.63. The number of pyridine rings is 1. The number of carboxylic acids is 1. The Morgan fingerprint density at radius 3 is 2.71 bits per heavy atom. The van der Waals surface area contributed by atoms with Crippen molar-refractivity contribution in [1.82, 2.24) is 4.98 Å². The number of aromatic nitrogens is 1. The molecule has 17 heavy (non-hydrogen) atoms. The molecule has 0 saturated heterocycles. The third kappa shape index (κ3) is 2.88. The predicted molar refractivity (Wildman–Crippen MR) is 66.7 cm³/mol. The van der Waals surface area contributed by atoms with E-state index in [-0.39, 0.29) is 16.3 Å². The van der Waals surface area contributed by atoms with E-state index in [4.69, 9.17) is 16.7 Å². The van der Waals surface area contributed by atoms with Crippen molar-refractivity contribution in [3.8, 4) is 0 Å². The van der Waals surface area contributed by atoms with E-state index in [9.17, 15) is 4.79 Å². The highest BCUT2D eigenvalue weighted by Crippen LogP contribution is 2.32. The van der Waals surface area contributed by atoms with Gasteiger partial charge in [0.2, 0.25) is 0 Å². The molecular weight excluding hydrogens is 240 g/mol. The van der Waals surface area contributed by atoms with E-state index in [1.807, 2.05) is 0 Å². The van der Waals surface area contributed by atoms with E-state index < -0.39 is 5.97 Å². The number of carboxylic acid groups (broad SMARTS) is 1. The molecule has 0 aromatic carbocycles. The Hall–Kier alpha value is -1.29. The van der Waals surface area contributed by atoms with Gasteiger partial charge < -0.3 is 10.4 Å². The van der Waals surface area contributed by atoms with Crippen molar-refractivity contribution in [3.63, 3.8) is 0 Å². The molecule has 0 amide bonds. The first-order chi connectivity index (χ1) is 7.98. The zero-order valence-corrected chi connectivity index (χ0v) is 10.4. The zero-order chi connectivity index (χ0) is 12.5. The zero-order valence-electron chi connectivity index (χ0n) is 9.66. The van der Waals surface area contributed by atoms with Crippen LogP contribution in [0.2, 0.25) is 5.15 Å². The first-order valence-electron chi connectivity index (χ1n) is 5.68. The lowest BCUT2D eigenvalue weighted by Crippen LogP contribution is -2.31. The van der Waals surface area contributed by atoms with Gasteiger partial charge in [-0.1, -0.05) is 24.4 Å². The quantitative estimate of drug-likeness (QED) is 0.814. The summed E-state index contributed by atoms with van der Waals surface area (Å²) in [4.78, 5) is 15.0. The third-order valence-electron chi connectivity index (χ3n) is 3.18. The lowest BCUT2D eigenvalue weighted by atomic mass is 10.0. The van der Waals surface area contributed by atoms with Crippen LogP contribution in [-0.4, -0.2) is 21.6 Å². The summed E-state index contributed by atoms with van der Waals surface area (Å²) in [5.41, 5.74) is 0.169. The topological polar surface area (TPSA) is 62.2 Å². The van der Waals surface area contributed by atoms with Crippen molar-refractivity contribution in [3.05, 3.63) is 22.8 Å². The number of halogens is 1. The summed E-state index contributed by atoms with van der Waals surface area (Å²) < 4.78 is 0. The van der Waals surface area contributed by atoms with E-state index in [0.29, 0.717) is 5.82 Å². The molecule has 0 unspecified atom stereocenters. The first kappa shape index (κ1) is 12.2. The minimum atomic E-state index is -0.992. The van der Waals surface area contributed by atoms with Gasteiger partial charge >= 0.3 is 5.97 Å². The van der Waals surface area contributed by atoms with Gasteiger partial charge in [0, 0.05) is 5.54 Å². The number of hydrogen-bond donors (Lipinski definition) is 2. The molecule has 0 radical (unpaired) electrons. The highest BCUT2D eigenvalue weighted by molar-refractivity contribution is 6.29. The molecule has 0 atom stereocenters. The Kier molecular flexibility index (Phi) is 3.24. The smallest absolute Gasteiger partial charge is 0.335 e. The standard InChI is InChI=1S/C12H15ClN2O2/c1-12(4-2-3-5-12)15-10-7-8(11(16)17)6-9(13)14-10/h6-7H,2-5H2,1H3,(H,14,15)(H,16,17). The van der Waals surface area contributed by atoms with E-state index in [2.05, 4.69) is 17.2 Å². The highest BCUT2D eigenvalue weighted by Gasteiger charge is 2.28. The molecular formula is C12H15ClN2O2. The number of hydrogen-bond acceptors (Lipinski definition) is 3. The molecule has 1 saturated carbocycles. The maximum Gasteiger partial charge on any atom is 0.335 e. The van der Waals surface area contributed by atoms with Gasteiger partial charge in [0.05, 0.1) is 5.56 Å². The third-order valence-corrected chi connectivity index (χ3v) is 3.37. The molecule has 92 valence electrons. The molecule has 4 nitrogen and oxygen atoms in total. The van der Waals surface area contributed by atoms with Crippen LogP contribution in [0.5, 0.6) is 0 Å². The maximum atomic E-state index is 10.9. The fourth-order valence-electron chi connectivity index (χ4n) is 2.27. The maximum absolute atomic E-state index is 10.9. The molecule has 1 aromatic heterocycles. The molecule has 1 aromatic rings. The van der Waals surface area contributed by atoms with Gasteiger partial charge in [0.25, 0.3) is 0 Å². The number of nitrogens with zero attached hydrogens (tertiary/aromatic N) is 1. The second-order valence-electron chi connectivity index (χ2n) is 4.76. The Morgan fingerprint density at radius 2 is 2.12 bits per heavy atom. The summed E-state index contributed by atoms with van der Waals surface area (Å²) in [5.74, 6) is -0.451. The van der Waals surface area contributed by atoms with Crippen molar-refractivity contribution < 1.29 is 9.90 Å². The largest absolute Gasteiger partial charge is 0.478 e. The fourth-order valence-corrected chi connectivity index (χ4v) is 2.48. The average molecular weight is 255 g/mol. The number of anilines is 1. The van der Waals surface area contributed by atoms with Crippen molar-refractivity contribution in [2.24, 2.45) is 0 Å². The predicted octanol–water partition coefficient (Wildman–Crippen LogP) is 3.18. The summed E-state index contributed by atoms with van der Waals surface area (Å²) in [6, 6.07) is 2.88. The van der Waals surface area contributed by atoms with Crippen molar-refractivity contribution >= 4 is 23.4 Å². The van der Waals surface area contributed by atoms with Crippen LogP contribution in [0.25, 0.3) is 0 Å². The molecule has 0 bridgehead atoms. The van der Waals surface area contributed by atoms with Gasteiger partial charge in [-0.3, -0.25) is 0 Å². The Bertz CT molecular complexity index is 442. The fraction of sp³-hybridized carbons (Fsp3) is 0.500. The molecule has 2 rings (SSSR count). The molecule has 0 aliphatic heterocycles. The van der Waals surface area contributed by atoms with Gasteiger partial charge in [-0.15, -0.1) is 0 Å². The monoisotopic (exact) mass is 254 g/mol. The second-order valence-corrected chi connectivity index (χ2v) is 5.15. The molecule has 1 heterocycles. The van der Waals surface area contributed by atoms with Gasteiger partial charge in [-0.05, 0) is 31.9 Å². The van der Waals surface area contributed by atoms with Crippen LogP contribution in [0.1, 0.15) is 43.0 Å². The van der Waals surface area contributed by atoms with E-state index >= 15 is 0 Å². The number of aromatic carboxylic acids is 1. The summed E-state index contributed by atoms with van der Waals surface area (Å²) in [6.45, 7) is 2.13. The lowest BCUT2D eigenvalue weighted by molar-refractivity contribution is 0.0697. The molecule has 1 aliphatic rings. The Morgan fingerprint density at radius 1 is 1.47 bits per heavy atom. The molecule has 1 aliphatic carbocycles. The van der Waals surface area contributed by atoms with Crippen LogP contribution in [0.15, 0.2) is 12.1 Å². The van der Waals surface area contributed by atoms with Crippen molar-refractivity contribution in [2.45, 2.75) is 38.1 Å². The summed E-state index contributed by atoms with van der Waals surface area (Å²) in [5, 5.41) is 12.4. The van der Waals surface area contributed by atoms with Crippen LogP contribution >= 0.6 is 11.6 Å². The Balaban J connectivity index is 2.23. The lowest BCUT2D eigenvalue weighted by Gasteiger charge is -2.26. The summed E-state index contributed by atoms with van der Waals surface area (Å²) >= 11 is 5.81. The van der Waals surface area contributed by atoms with Crippen molar-refractivity contribution in [2.75, 3.05) is 5.32 Å². The van der Waals surface area contributed by atoms with E-state index in [1.54, 1.807) is 0 Å². The Labute approximate surface area is 105 Å². The number of nitrogens with one attached hydrogen (secondary N) is 1.